The molecule has 0 saturated carbocycles. The lowest BCUT2D eigenvalue weighted by atomic mass is 10.2. The molecule has 1 fully saturated rings. The van der Waals surface area contributed by atoms with Crippen molar-refractivity contribution in [2.45, 2.75) is 26.4 Å². The van der Waals surface area contributed by atoms with E-state index in [1.165, 1.54) is 18.3 Å². The van der Waals surface area contributed by atoms with Crippen LogP contribution in [-0.4, -0.2) is 42.5 Å². The first kappa shape index (κ1) is 15.4. The molecule has 2 heterocycles. The fourth-order valence-corrected chi connectivity index (χ4v) is 3.35. The highest BCUT2D eigenvalue weighted by Crippen LogP contribution is 2.27. The van der Waals surface area contributed by atoms with Gasteiger partial charge in [-0.1, -0.05) is 0 Å². The highest BCUT2D eigenvalue weighted by atomic mass is 32.2. The minimum atomic E-state index is -3.96. The van der Waals surface area contributed by atoms with Crippen LogP contribution in [0, 0.1) is 0 Å². The van der Waals surface area contributed by atoms with Gasteiger partial charge in [-0.25, -0.2) is 9.78 Å². The van der Waals surface area contributed by atoms with Crippen molar-refractivity contribution < 1.29 is 17.9 Å². The van der Waals surface area contributed by atoms with Gasteiger partial charge < -0.3 is 10.5 Å². The van der Waals surface area contributed by atoms with Gasteiger partial charge in [-0.2, -0.15) is 12.7 Å². The van der Waals surface area contributed by atoms with Crippen molar-refractivity contribution in [3.8, 4) is 0 Å². The Kier molecular flexibility index (Phi) is 3.70. The van der Waals surface area contributed by atoms with Gasteiger partial charge in [0.1, 0.15) is 11.4 Å². The number of hydrogen-bond acceptors (Lipinski definition) is 6. The van der Waals surface area contributed by atoms with Gasteiger partial charge >= 0.3 is 16.3 Å². The van der Waals surface area contributed by atoms with Crippen LogP contribution in [-0.2, 0) is 14.9 Å². The summed E-state index contributed by atoms with van der Waals surface area (Å²) < 4.78 is 31.8. The SMILES string of the molecule is CC(C)(C)OC(=O)N1CCN(c2ccnc(N)c2)S1(=O)=O. The normalized spacial score (nSPS) is 17.9. The Labute approximate surface area is 123 Å². The number of nitrogens with two attached hydrogens (primary N) is 1. The third-order valence-electron chi connectivity index (χ3n) is 2.71. The molecule has 1 aromatic heterocycles. The maximum atomic E-state index is 12.4. The number of ether oxygens (including phenoxy) is 1. The van der Waals surface area contributed by atoms with Gasteiger partial charge in [-0.05, 0) is 26.8 Å². The molecule has 0 unspecified atom stereocenters. The second-order valence-electron chi connectivity index (χ2n) is 5.57. The van der Waals surface area contributed by atoms with Gasteiger partial charge in [0.15, 0.2) is 0 Å². The lowest BCUT2D eigenvalue weighted by Gasteiger charge is -2.24. The zero-order chi connectivity index (χ0) is 15.8. The Morgan fingerprint density at radius 2 is 2.05 bits per heavy atom. The second kappa shape index (κ2) is 5.06. The largest absolute Gasteiger partial charge is 0.443 e. The summed E-state index contributed by atoms with van der Waals surface area (Å²) in [6, 6.07) is 2.96. The second-order valence-corrected chi connectivity index (χ2v) is 7.35. The Balaban J connectivity index is 2.26. The van der Waals surface area contributed by atoms with Crippen molar-refractivity contribution in [1.82, 2.24) is 9.29 Å². The van der Waals surface area contributed by atoms with Crippen LogP contribution in [0.15, 0.2) is 18.3 Å². The van der Waals surface area contributed by atoms with E-state index in [9.17, 15) is 13.2 Å². The van der Waals surface area contributed by atoms with E-state index in [2.05, 4.69) is 4.98 Å². The van der Waals surface area contributed by atoms with E-state index in [0.717, 1.165) is 8.61 Å². The van der Waals surface area contributed by atoms with Crippen molar-refractivity contribution in [3.63, 3.8) is 0 Å². The first-order chi connectivity index (χ1) is 9.61. The van der Waals surface area contributed by atoms with Crippen molar-refractivity contribution in [2.75, 3.05) is 23.1 Å². The van der Waals surface area contributed by atoms with E-state index in [1.54, 1.807) is 20.8 Å². The molecule has 0 bridgehead atoms. The number of carbonyl (C=O) groups excluding carboxylic acids is 1. The molecule has 0 aliphatic carbocycles. The van der Waals surface area contributed by atoms with Crippen LogP contribution in [0.1, 0.15) is 20.8 Å². The molecule has 1 amide bonds. The fourth-order valence-electron chi connectivity index (χ4n) is 1.88. The van der Waals surface area contributed by atoms with E-state index >= 15 is 0 Å². The van der Waals surface area contributed by atoms with E-state index in [4.69, 9.17) is 10.5 Å². The molecule has 116 valence electrons. The molecule has 1 aliphatic rings. The molecule has 0 aromatic carbocycles. The average molecular weight is 314 g/mol. The number of hydrogen-bond donors (Lipinski definition) is 1. The maximum Gasteiger partial charge on any atom is 0.425 e. The van der Waals surface area contributed by atoms with Crippen LogP contribution < -0.4 is 10.0 Å². The summed E-state index contributed by atoms with van der Waals surface area (Å²) in [6.45, 7) is 5.20. The van der Waals surface area contributed by atoms with Crippen LogP contribution in [0.4, 0.5) is 16.3 Å². The van der Waals surface area contributed by atoms with E-state index < -0.39 is 21.9 Å². The number of rotatable bonds is 1. The number of amides is 1. The zero-order valence-electron chi connectivity index (χ0n) is 12.1. The first-order valence-electron chi connectivity index (χ1n) is 6.36. The smallest absolute Gasteiger partial charge is 0.425 e. The van der Waals surface area contributed by atoms with Crippen molar-refractivity contribution >= 4 is 27.8 Å². The van der Waals surface area contributed by atoms with E-state index in [-0.39, 0.29) is 18.9 Å². The summed E-state index contributed by atoms with van der Waals surface area (Å²) >= 11 is 0. The van der Waals surface area contributed by atoms with E-state index in [1.807, 2.05) is 0 Å². The monoisotopic (exact) mass is 314 g/mol. The molecule has 0 radical (unpaired) electrons. The lowest BCUT2D eigenvalue weighted by Crippen LogP contribution is -2.40. The molecule has 1 saturated heterocycles. The molecule has 0 atom stereocenters. The van der Waals surface area contributed by atoms with Crippen LogP contribution in [0.2, 0.25) is 0 Å². The number of pyridine rings is 1. The maximum absolute atomic E-state index is 12.4. The minimum Gasteiger partial charge on any atom is -0.443 e. The third-order valence-corrected chi connectivity index (χ3v) is 4.55. The van der Waals surface area contributed by atoms with Crippen LogP contribution in [0.5, 0.6) is 0 Å². The van der Waals surface area contributed by atoms with Crippen molar-refractivity contribution in [1.29, 1.82) is 0 Å². The Hall–Kier alpha value is -2.03. The molecular formula is C12H18N4O4S. The molecule has 1 aliphatic heterocycles. The number of carbonyl (C=O) groups is 1. The Morgan fingerprint density at radius 1 is 1.38 bits per heavy atom. The van der Waals surface area contributed by atoms with Crippen LogP contribution >= 0.6 is 0 Å². The molecular weight excluding hydrogens is 296 g/mol. The van der Waals surface area contributed by atoms with Crippen LogP contribution in [0.25, 0.3) is 0 Å². The molecule has 2 N–H and O–H groups in total. The minimum absolute atomic E-state index is 0.0273. The first-order valence-corrected chi connectivity index (χ1v) is 7.76. The van der Waals surface area contributed by atoms with Gasteiger partial charge in [-0.15, -0.1) is 0 Å². The molecule has 21 heavy (non-hydrogen) atoms. The molecule has 2 rings (SSSR count). The number of anilines is 2. The summed E-state index contributed by atoms with van der Waals surface area (Å²) in [5, 5.41) is 0. The predicted molar refractivity (Wildman–Crippen MR) is 77.9 cm³/mol. The lowest BCUT2D eigenvalue weighted by molar-refractivity contribution is 0.0405. The molecule has 1 aromatic rings. The van der Waals surface area contributed by atoms with Gasteiger partial charge in [0.05, 0.1) is 18.8 Å². The molecule has 9 heteroatoms. The van der Waals surface area contributed by atoms with Crippen LogP contribution in [0.3, 0.4) is 0 Å². The zero-order valence-corrected chi connectivity index (χ0v) is 12.9. The summed E-state index contributed by atoms with van der Waals surface area (Å²) in [6.07, 6.45) is 0.531. The summed E-state index contributed by atoms with van der Waals surface area (Å²) in [7, 11) is -3.96. The summed E-state index contributed by atoms with van der Waals surface area (Å²) in [5.41, 5.74) is 5.16. The standard InChI is InChI=1S/C12H18N4O4S/c1-12(2,3)20-11(17)16-7-6-15(21(16,18)19)9-4-5-14-10(13)8-9/h4-5,8H,6-7H2,1-3H3,(H2,13,14). The summed E-state index contributed by atoms with van der Waals surface area (Å²) in [5.74, 6) is 0.207. The number of aromatic nitrogens is 1. The number of nitrogen functional groups attached to an aromatic ring is 1. The number of nitrogens with zero attached hydrogens (tertiary/aromatic N) is 3. The Morgan fingerprint density at radius 3 is 2.62 bits per heavy atom. The topological polar surface area (TPSA) is 106 Å². The Bertz CT molecular complexity index is 653. The highest BCUT2D eigenvalue weighted by Gasteiger charge is 2.42. The summed E-state index contributed by atoms with van der Waals surface area (Å²) in [4.78, 5) is 15.8. The van der Waals surface area contributed by atoms with Gasteiger partial charge in [0, 0.05) is 12.3 Å². The third kappa shape index (κ3) is 3.18. The molecule has 8 nitrogen and oxygen atoms in total. The quantitative estimate of drug-likeness (QED) is 0.827. The molecule has 0 spiro atoms. The average Bonchev–Trinajstić information content (AvgIpc) is 2.62. The highest BCUT2D eigenvalue weighted by molar-refractivity contribution is 7.91. The van der Waals surface area contributed by atoms with Gasteiger partial charge in [-0.3, -0.25) is 4.31 Å². The fraction of sp³-hybridized carbons (Fsp3) is 0.500. The van der Waals surface area contributed by atoms with Crippen molar-refractivity contribution in [3.05, 3.63) is 18.3 Å². The van der Waals surface area contributed by atoms with Gasteiger partial charge in [0.25, 0.3) is 0 Å². The van der Waals surface area contributed by atoms with E-state index in [0.29, 0.717) is 5.69 Å². The predicted octanol–water partition coefficient (Wildman–Crippen LogP) is 0.966. The van der Waals surface area contributed by atoms with Crippen molar-refractivity contribution in [2.24, 2.45) is 0 Å². The van der Waals surface area contributed by atoms with Gasteiger partial charge in [0.2, 0.25) is 0 Å².